The first-order valence-corrected chi connectivity index (χ1v) is 7.87. The number of rotatable bonds is 6. The molecule has 0 spiro atoms. The number of carbonyl (C=O) groups is 1. The molecule has 0 aliphatic carbocycles. The second-order valence-electron chi connectivity index (χ2n) is 6.15. The SMILES string of the molecule is CC(=O)N1CCc2cc(OCC(O)CNC(C)C)ccc2C1. The van der Waals surface area contributed by atoms with Crippen LogP contribution in [0.15, 0.2) is 18.2 Å². The predicted octanol–water partition coefficient (Wildman–Crippen LogP) is 1.33. The van der Waals surface area contributed by atoms with Gasteiger partial charge in [-0.05, 0) is 29.7 Å². The molecule has 1 atom stereocenters. The van der Waals surface area contributed by atoms with Crippen LogP contribution < -0.4 is 10.1 Å². The van der Waals surface area contributed by atoms with E-state index < -0.39 is 6.10 Å². The molecule has 0 saturated heterocycles. The minimum Gasteiger partial charge on any atom is -0.491 e. The summed E-state index contributed by atoms with van der Waals surface area (Å²) in [6, 6.07) is 6.29. The lowest BCUT2D eigenvalue weighted by molar-refractivity contribution is -0.129. The summed E-state index contributed by atoms with van der Waals surface area (Å²) >= 11 is 0. The highest BCUT2D eigenvalue weighted by molar-refractivity contribution is 5.73. The number of nitrogens with zero attached hydrogens (tertiary/aromatic N) is 1. The maximum absolute atomic E-state index is 11.4. The van der Waals surface area contributed by atoms with E-state index in [9.17, 15) is 9.90 Å². The molecule has 2 N–H and O–H groups in total. The third-order valence-corrected chi connectivity index (χ3v) is 3.84. The number of carbonyl (C=O) groups excluding carboxylic acids is 1. The molecule has 0 bridgehead atoms. The van der Waals surface area contributed by atoms with Crippen LogP contribution >= 0.6 is 0 Å². The maximum Gasteiger partial charge on any atom is 0.219 e. The Kier molecular flexibility index (Phi) is 5.80. The summed E-state index contributed by atoms with van der Waals surface area (Å²) in [6.45, 7) is 7.92. The number of aliphatic hydroxyl groups is 1. The standard InChI is InChI=1S/C17H26N2O3/c1-12(2)18-9-16(21)11-22-17-5-4-15-10-19(13(3)20)7-6-14(15)8-17/h4-5,8,12,16,18,21H,6-7,9-11H2,1-3H3. The van der Waals surface area contributed by atoms with Crippen LogP contribution in [0.4, 0.5) is 0 Å². The molecule has 0 radical (unpaired) electrons. The van der Waals surface area contributed by atoms with Crippen LogP contribution in [0, 0.1) is 0 Å². The highest BCUT2D eigenvalue weighted by Crippen LogP contribution is 2.24. The summed E-state index contributed by atoms with van der Waals surface area (Å²) in [4.78, 5) is 13.3. The number of nitrogens with one attached hydrogen (secondary N) is 1. The molecule has 1 heterocycles. The van der Waals surface area contributed by atoms with Crippen LogP contribution in [0.2, 0.25) is 0 Å². The van der Waals surface area contributed by atoms with E-state index in [-0.39, 0.29) is 12.5 Å². The molecule has 22 heavy (non-hydrogen) atoms. The molecular weight excluding hydrogens is 280 g/mol. The van der Waals surface area contributed by atoms with E-state index in [0.29, 0.717) is 19.1 Å². The predicted molar refractivity (Wildman–Crippen MR) is 85.9 cm³/mol. The first kappa shape index (κ1) is 16.8. The van der Waals surface area contributed by atoms with Gasteiger partial charge in [-0.1, -0.05) is 19.9 Å². The zero-order valence-electron chi connectivity index (χ0n) is 13.6. The van der Waals surface area contributed by atoms with Crippen LogP contribution in [0.1, 0.15) is 31.9 Å². The number of ether oxygens (including phenoxy) is 1. The first-order chi connectivity index (χ1) is 10.5. The molecule has 1 aromatic carbocycles. The van der Waals surface area contributed by atoms with Crippen molar-refractivity contribution in [3.63, 3.8) is 0 Å². The van der Waals surface area contributed by atoms with Crippen molar-refractivity contribution < 1.29 is 14.6 Å². The van der Waals surface area contributed by atoms with Crippen molar-refractivity contribution in [2.45, 2.75) is 45.9 Å². The molecular formula is C17H26N2O3. The number of fused-ring (bicyclic) bond motifs is 1. The normalized spacial score (nSPS) is 15.6. The number of amides is 1. The van der Waals surface area contributed by atoms with Crippen LogP contribution in [0.5, 0.6) is 5.75 Å². The number of hydrogen-bond acceptors (Lipinski definition) is 4. The Morgan fingerprint density at radius 1 is 1.41 bits per heavy atom. The highest BCUT2D eigenvalue weighted by Gasteiger charge is 2.18. The first-order valence-electron chi connectivity index (χ1n) is 7.87. The van der Waals surface area contributed by atoms with Crippen LogP contribution in [-0.2, 0) is 17.8 Å². The molecule has 0 aromatic heterocycles. The van der Waals surface area contributed by atoms with Crippen molar-refractivity contribution in [2.24, 2.45) is 0 Å². The van der Waals surface area contributed by atoms with Crippen molar-refractivity contribution in [2.75, 3.05) is 19.7 Å². The largest absolute Gasteiger partial charge is 0.491 e. The van der Waals surface area contributed by atoms with E-state index in [2.05, 4.69) is 5.32 Å². The van der Waals surface area contributed by atoms with Gasteiger partial charge >= 0.3 is 0 Å². The summed E-state index contributed by atoms with van der Waals surface area (Å²) in [7, 11) is 0. The second kappa shape index (κ2) is 7.61. The maximum atomic E-state index is 11.4. The van der Waals surface area contributed by atoms with Crippen LogP contribution in [0.3, 0.4) is 0 Å². The van der Waals surface area contributed by atoms with Gasteiger partial charge in [0.15, 0.2) is 0 Å². The quantitative estimate of drug-likeness (QED) is 0.832. The molecule has 1 aromatic rings. The minimum absolute atomic E-state index is 0.117. The molecule has 1 unspecified atom stereocenters. The number of hydrogen-bond donors (Lipinski definition) is 2. The van der Waals surface area contributed by atoms with E-state index in [0.717, 1.165) is 18.7 Å². The van der Waals surface area contributed by atoms with Crippen molar-refractivity contribution in [3.8, 4) is 5.75 Å². The molecule has 0 fully saturated rings. The fourth-order valence-corrected chi connectivity index (χ4v) is 2.51. The van der Waals surface area contributed by atoms with Gasteiger partial charge in [0.2, 0.25) is 5.91 Å². The molecule has 2 rings (SSSR count). The molecule has 1 aliphatic rings. The van der Waals surface area contributed by atoms with Gasteiger partial charge in [0.05, 0.1) is 0 Å². The lowest BCUT2D eigenvalue weighted by Crippen LogP contribution is -2.35. The Bertz CT molecular complexity index is 517. The topological polar surface area (TPSA) is 61.8 Å². The lowest BCUT2D eigenvalue weighted by atomic mass is 9.99. The highest BCUT2D eigenvalue weighted by atomic mass is 16.5. The van der Waals surface area contributed by atoms with Gasteiger partial charge in [0, 0.05) is 32.6 Å². The molecule has 1 amide bonds. The van der Waals surface area contributed by atoms with E-state index in [1.807, 2.05) is 36.9 Å². The van der Waals surface area contributed by atoms with Gasteiger partial charge in [-0.3, -0.25) is 4.79 Å². The smallest absolute Gasteiger partial charge is 0.219 e. The summed E-state index contributed by atoms with van der Waals surface area (Å²) in [6.07, 6.45) is 0.329. The third kappa shape index (κ3) is 4.71. The van der Waals surface area contributed by atoms with E-state index in [1.54, 1.807) is 6.92 Å². The van der Waals surface area contributed by atoms with Gasteiger partial charge in [-0.25, -0.2) is 0 Å². The summed E-state index contributed by atoms with van der Waals surface area (Å²) in [5.74, 6) is 0.894. The van der Waals surface area contributed by atoms with Gasteiger partial charge < -0.3 is 20.1 Å². The lowest BCUT2D eigenvalue weighted by Gasteiger charge is -2.28. The molecule has 1 aliphatic heterocycles. The Morgan fingerprint density at radius 2 is 2.18 bits per heavy atom. The molecule has 0 saturated carbocycles. The Labute approximate surface area is 132 Å². The average Bonchev–Trinajstić information content (AvgIpc) is 2.50. The summed E-state index contributed by atoms with van der Waals surface area (Å²) in [5.41, 5.74) is 2.40. The molecule has 5 heteroatoms. The second-order valence-corrected chi connectivity index (χ2v) is 6.15. The van der Waals surface area contributed by atoms with Gasteiger partial charge in [-0.2, -0.15) is 0 Å². The number of benzene rings is 1. The van der Waals surface area contributed by atoms with Gasteiger partial charge in [0.1, 0.15) is 18.5 Å². The third-order valence-electron chi connectivity index (χ3n) is 3.84. The molecule has 122 valence electrons. The zero-order chi connectivity index (χ0) is 16.1. The van der Waals surface area contributed by atoms with Crippen molar-refractivity contribution >= 4 is 5.91 Å². The molecule has 5 nitrogen and oxygen atoms in total. The van der Waals surface area contributed by atoms with Crippen LogP contribution in [0.25, 0.3) is 0 Å². The fraction of sp³-hybridized carbons (Fsp3) is 0.588. The Balaban J connectivity index is 1.88. The summed E-state index contributed by atoms with van der Waals surface area (Å²) in [5, 5.41) is 13.0. The van der Waals surface area contributed by atoms with Crippen molar-refractivity contribution in [1.82, 2.24) is 10.2 Å². The Morgan fingerprint density at radius 3 is 2.86 bits per heavy atom. The van der Waals surface area contributed by atoms with Crippen molar-refractivity contribution in [1.29, 1.82) is 0 Å². The van der Waals surface area contributed by atoms with Gasteiger partial charge in [-0.15, -0.1) is 0 Å². The average molecular weight is 306 g/mol. The minimum atomic E-state index is -0.522. The Hall–Kier alpha value is -1.59. The fourth-order valence-electron chi connectivity index (χ4n) is 2.51. The summed E-state index contributed by atoms with van der Waals surface area (Å²) < 4.78 is 5.67. The zero-order valence-corrected chi connectivity index (χ0v) is 13.6. The van der Waals surface area contributed by atoms with E-state index in [4.69, 9.17) is 4.74 Å². The van der Waals surface area contributed by atoms with Crippen LogP contribution in [-0.4, -0.2) is 47.8 Å². The van der Waals surface area contributed by atoms with E-state index >= 15 is 0 Å². The van der Waals surface area contributed by atoms with Gasteiger partial charge in [0.25, 0.3) is 0 Å². The number of aliphatic hydroxyl groups excluding tert-OH is 1. The monoisotopic (exact) mass is 306 g/mol. The van der Waals surface area contributed by atoms with Crippen molar-refractivity contribution in [3.05, 3.63) is 29.3 Å². The van der Waals surface area contributed by atoms with E-state index in [1.165, 1.54) is 11.1 Å².